The van der Waals surface area contributed by atoms with E-state index in [2.05, 4.69) is 4.98 Å². The zero-order valence-electron chi connectivity index (χ0n) is 11.6. The van der Waals surface area contributed by atoms with E-state index < -0.39 is 6.09 Å². The maximum Gasteiger partial charge on any atom is 0.415 e. The number of hydrogen-bond donors (Lipinski definition) is 0. The lowest BCUT2D eigenvalue weighted by atomic mass is 10.1. The normalized spacial score (nSPS) is 11.8. The highest BCUT2D eigenvalue weighted by atomic mass is 35.5. The lowest BCUT2D eigenvalue weighted by Crippen LogP contribution is -2.32. The molecule has 0 aliphatic rings. The minimum absolute atomic E-state index is 0.166. The molecule has 110 valence electrons. The van der Waals surface area contributed by atoms with Gasteiger partial charge in [-0.25, -0.2) is 4.79 Å². The number of benzene rings is 1. The molecule has 1 atom stereocenters. The molecule has 1 aromatic carbocycles. The molecule has 4 nitrogen and oxygen atoms in total. The third-order valence-electron chi connectivity index (χ3n) is 3.08. The molecule has 0 aliphatic heterocycles. The first kappa shape index (κ1) is 15.6. The topological polar surface area (TPSA) is 42.4 Å². The number of aromatic nitrogens is 1. The van der Waals surface area contributed by atoms with Gasteiger partial charge in [0.2, 0.25) is 0 Å². The Bertz CT molecular complexity index is 615. The van der Waals surface area contributed by atoms with Crippen molar-refractivity contribution in [3.05, 3.63) is 58.3 Å². The largest absolute Gasteiger partial charge is 0.415 e. The van der Waals surface area contributed by atoms with Crippen molar-refractivity contribution in [2.75, 3.05) is 7.05 Å². The van der Waals surface area contributed by atoms with Gasteiger partial charge in [-0.15, -0.1) is 0 Å². The van der Waals surface area contributed by atoms with Crippen LogP contribution in [0.3, 0.4) is 0 Å². The van der Waals surface area contributed by atoms with E-state index in [-0.39, 0.29) is 6.04 Å². The summed E-state index contributed by atoms with van der Waals surface area (Å²) in [4.78, 5) is 17.7. The molecule has 0 aliphatic carbocycles. The van der Waals surface area contributed by atoms with Crippen LogP contribution in [0.2, 0.25) is 10.0 Å². The van der Waals surface area contributed by atoms with Gasteiger partial charge in [-0.2, -0.15) is 0 Å². The van der Waals surface area contributed by atoms with Gasteiger partial charge >= 0.3 is 6.09 Å². The van der Waals surface area contributed by atoms with Crippen LogP contribution < -0.4 is 4.74 Å². The first-order valence-corrected chi connectivity index (χ1v) is 7.03. The second kappa shape index (κ2) is 6.78. The first-order valence-electron chi connectivity index (χ1n) is 6.28. The summed E-state index contributed by atoms with van der Waals surface area (Å²) < 4.78 is 5.28. The fourth-order valence-electron chi connectivity index (χ4n) is 1.77. The summed E-state index contributed by atoms with van der Waals surface area (Å²) in [6, 6.07) is 8.20. The summed E-state index contributed by atoms with van der Waals surface area (Å²) >= 11 is 11.7. The molecule has 21 heavy (non-hydrogen) atoms. The molecule has 6 heteroatoms. The highest BCUT2D eigenvalue weighted by molar-refractivity contribution is 6.34. The van der Waals surface area contributed by atoms with Crippen LogP contribution >= 0.6 is 23.2 Å². The predicted molar refractivity (Wildman–Crippen MR) is 82.9 cm³/mol. The molecule has 1 amide bonds. The summed E-state index contributed by atoms with van der Waals surface area (Å²) in [6.45, 7) is 1.89. The monoisotopic (exact) mass is 324 g/mol. The Morgan fingerprint density at radius 1 is 1.29 bits per heavy atom. The second-order valence-electron chi connectivity index (χ2n) is 4.55. The minimum Gasteiger partial charge on any atom is -0.410 e. The van der Waals surface area contributed by atoms with Crippen molar-refractivity contribution < 1.29 is 9.53 Å². The number of hydrogen-bond acceptors (Lipinski definition) is 3. The van der Waals surface area contributed by atoms with Gasteiger partial charge in [-0.1, -0.05) is 29.3 Å². The molecule has 1 aromatic heterocycles. The van der Waals surface area contributed by atoms with Crippen molar-refractivity contribution in [2.45, 2.75) is 13.0 Å². The summed E-state index contributed by atoms with van der Waals surface area (Å²) in [5.74, 6) is 0.308. The van der Waals surface area contributed by atoms with Crippen LogP contribution in [0.25, 0.3) is 0 Å². The van der Waals surface area contributed by atoms with Gasteiger partial charge in [0.15, 0.2) is 0 Å². The van der Waals surface area contributed by atoms with Gasteiger partial charge in [0, 0.05) is 29.5 Å². The molecule has 0 saturated carbocycles. The molecule has 0 saturated heterocycles. The molecule has 0 spiro atoms. The van der Waals surface area contributed by atoms with E-state index in [1.54, 1.807) is 25.5 Å². The second-order valence-corrected chi connectivity index (χ2v) is 5.42. The Hall–Kier alpha value is -1.78. The minimum atomic E-state index is -0.496. The van der Waals surface area contributed by atoms with E-state index in [0.717, 1.165) is 5.56 Å². The van der Waals surface area contributed by atoms with Gasteiger partial charge in [0.1, 0.15) is 5.75 Å². The van der Waals surface area contributed by atoms with Crippen LogP contribution in [0.15, 0.2) is 42.7 Å². The lowest BCUT2D eigenvalue weighted by Gasteiger charge is -2.24. The Morgan fingerprint density at radius 2 is 1.95 bits per heavy atom. The van der Waals surface area contributed by atoms with Crippen molar-refractivity contribution in [1.82, 2.24) is 9.88 Å². The predicted octanol–water partition coefficient (Wildman–Crippen LogP) is 4.58. The zero-order valence-corrected chi connectivity index (χ0v) is 13.1. The fourth-order valence-corrected chi connectivity index (χ4v) is 2.27. The lowest BCUT2D eigenvalue weighted by molar-refractivity contribution is 0.149. The highest BCUT2D eigenvalue weighted by Gasteiger charge is 2.19. The van der Waals surface area contributed by atoms with Gasteiger partial charge in [0.05, 0.1) is 6.04 Å². The average Bonchev–Trinajstić information content (AvgIpc) is 2.45. The zero-order chi connectivity index (χ0) is 15.4. The number of ether oxygens (including phenoxy) is 1. The Kier molecular flexibility index (Phi) is 5.04. The molecule has 2 aromatic rings. The Balaban J connectivity index is 2.09. The smallest absolute Gasteiger partial charge is 0.410 e. The van der Waals surface area contributed by atoms with E-state index in [1.165, 1.54) is 17.0 Å². The van der Waals surface area contributed by atoms with Crippen LogP contribution in [0.5, 0.6) is 5.75 Å². The van der Waals surface area contributed by atoms with E-state index in [1.807, 2.05) is 19.1 Å². The summed E-state index contributed by atoms with van der Waals surface area (Å²) in [6.07, 6.45) is 2.90. The number of rotatable bonds is 3. The molecule has 0 N–H and O–H groups in total. The molecule has 0 fully saturated rings. The van der Waals surface area contributed by atoms with E-state index >= 15 is 0 Å². The van der Waals surface area contributed by atoms with Gasteiger partial charge in [-0.3, -0.25) is 4.98 Å². The highest BCUT2D eigenvalue weighted by Crippen LogP contribution is 2.25. The van der Waals surface area contributed by atoms with E-state index in [4.69, 9.17) is 27.9 Å². The average molecular weight is 325 g/mol. The van der Waals surface area contributed by atoms with Gasteiger partial charge < -0.3 is 9.64 Å². The molecule has 0 unspecified atom stereocenters. The number of carbonyl (C=O) groups is 1. The molecule has 0 bridgehead atoms. The number of amides is 1. The number of carbonyl (C=O) groups excluding carboxylic acids is 1. The fraction of sp³-hybridized carbons (Fsp3) is 0.200. The van der Waals surface area contributed by atoms with Crippen LogP contribution in [0.4, 0.5) is 4.79 Å². The summed E-state index contributed by atoms with van der Waals surface area (Å²) in [7, 11) is 1.66. The maximum atomic E-state index is 12.1. The van der Waals surface area contributed by atoms with Crippen molar-refractivity contribution in [2.24, 2.45) is 0 Å². The van der Waals surface area contributed by atoms with E-state index in [9.17, 15) is 4.79 Å². The van der Waals surface area contributed by atoms with Crippen molar-refractivity contribution in [3.8, 4) is 5.75 Å². The van der Waals surface area contributed by atoms with Crippen molar-refractivity contribution in [1.29, 1.82) is 0 Å². The maximum absolute atomic E-state index is 12.1. The van der Waals surface area contributed by atoms with E-state index in [0.29, 0.717) is 15.8 Å². The molecular weight excluding hydrogens is 311 g/mol. The quantitative estimate of drug-likeness (QED) is 0.829. The van der Waals surface area contributed by atoms with Crippen LogP contribution in [0.1, 0.15) is 18.5 Å². The summed E-state index contributed by atoms with van der Waals surface area (Å²) in [5.41, 5.74) is 0.918. The van der Waals surface area contributed by atoms with Gasteiger partial charge in [0.25, 0.3) is 0 Å². The molecular formula is C15H14Cl2N2O2. The van der Waals surface area contributed by atoms with Crippen LogP contribution in [0, 0.1) is 0 Å². The van der Waals surface area contributed by atoms with Crippen LogP contribution in [-0.4, -0.2) is 23.0 Å². The number of nitrogens with zero attached hydrogens (tertiary/aromatic N) is 2. The SMILES string of the molecule is C[C@@H](c1cccnc1)N(C)C(=O)Oc1cc(Cl)cc(Cl)c1. The van der Waals surface area contributed by atoms with Gasteiger partial charge in [-0.05, 0) is 36.8 Å². The molecule has 2 rings (SSSR count). The third kappa shape index (κ3) is 4.09. The standard InChI is InChI=1S/C15H14Cl2N2O2/c1-10(11-4-3-5-18-9-11)19(2)15(20)21-14-7-12(16)6-13(17)8-14/h3-10H,1-2H3/t10-/m0/s1. The number of halogens is 2. The number of pyridine rings is 1. The third-order valence-corrected chi connectivity index (χ3v) is 3.51. The van der Waals surface area contributed by atoms with Crippen LogP contribution in [-0.2, 0) is 0 Å². The van der Waals surface area contributed by atoms with Crippen molar-refractivity contribution in [3.63, 3.8) is 0 Å². The molecule has 0 radical (unpaired) electrons. The van der Waals surface area contributed by atoms with Crippen molar-refractivity contribution >= 4 is 29.3 Å². The summed E-state index contributed by atoms with van der Waals surface area (Å²) in [5, 5.41) is 0.821. The molecule has 1 heterocycles. The Morgan fingerprint density at radius 3 is 2.52 bits per heavy atom. The first-order chi connectivity index (χ1) is 9.97. The Labute approximate surface area is 133 Å².